The normalized spacial score (nSPS) is 22.7. The second-order valence-corrected chi connectivity index (χ2v) is 8.65. The molecule has 0 saturated carbocycles. The van der Waals surface area contributed by atoms with Crippen LogP contribution < -0.4 is 0 Å². The molecule has 4 nitrogen and oxygen atoms in total. The molecule has 1 aliphatic carbocycles. The van der Waals surface area contributed by atoms with E-state index in [4.69, 9.17) is 11.6 Å². The molecule has 2 atom stereocenters. The van der Waals surface area contributed by atoms with Crippen molar-refractivity contribution < 1.29 is 10.2 Å². The molecule has 0 fully saturated rings. The number of hydrogen-bond donors (Lipinski definition) is 2. The number of hydrogen-bond acceptors (Lipinski definition) is 5. The Hall–Kier alpha value is -0.660. The van der Waals surface area contributed by atoms with E-state index < -0.39 is 5.60 Å². The van der Waals surface area contributed by atoms with E-state index in [9.17, 15) is 10.2 Å². The van der Waals surface area contributed by atoms with Crippen LogP contribution in [-0.2, 0) is 25.0 Å². The van der Waals surface area contributed by atoms with E-state index in [0.29, 0.717) is 35.2 Å². The van der Waals surface area contributed by atoms with Crippen molar-refractivity contribution >= 4 is 39.3 Å². The molecular formula is C18H20BrClN2O2S. The topological polar surface area (TPSA) is 66.2 Å². The first kappa shape index (κ1) is 19.1. The van der Waals surface area contributed by atoms with Crippen LogP contribution in [0.4, 0.5) is 0 Å². The highest BCUT2D eigenvalue weighted by Gasteiger charge is 2.38. The van der Waals surface area contributed by atoms with Crippen molar-refractivity contribution in [2.24, 2.45) is 5.92 Å². The van der Waals surface area contributed by atoms with Crippen LogP contribution in [0, 0.1) is 5.92 Å². The molecule has 1 aliphatic rings. The Morgan fingerprint density at radius 1 is 1.40 bits per heavy atom. The largest absolute Gasteiger partial charge is 0.391 e. The molecule has 3 rings (SSSR count). The van der Waals surface area contributed by atoms with Crippen molar-refractivity contribution in [2.45, 2.75) is 43.6 Å². The van der Waals surface area contributed by atoms with Crippen LogP contribution in [0.1, 0.15) is 35.7 Å². The maximum absolute atomic E-state index is 11.5. The van der Waals surface area contributed by atoms with E-state index in [0.717, 1.165) is 22.0 Å². The van der Waals surface area contributed by atoms with Crippen molar-refractivity contribution in [2.75, 3.05) is 6.26 Å². The van der Waals surface area contributed by atoms with Crippen LogP contribution >= 0.6 is 39.3 Å². The van der Waals surface area contributed by atoms with Gasteiger partial charge in [-0.2, -0.15) is 0 Å². The Kier molecular flexibility index (Phi) is 5.75. The van der Waals surface area contributed by atoms with E-state index >= 15 is 0 Å². The maximum Gasteiger partial charge on any atom is 0.188 e. The second kappa shape index (κ2) is 7.53. The molecular weight excluding hydrogens is 424 g/mol. The third kappa shape index (κ3) is 3.88. The lowest BCUT2D eigenvalue weighted by Gasteiger charge is -2.38. The summed E-state index contributed by atoms with van der Waals surface area (Å²) in [7, 11) is 0. The minimum atomic E-state index is -1.05. The minimum absolute atomic E-state index is 0.249. The summed E-state index contributed by atoms with van der Waals surface area (Å²) in [6.07, 6.45) is 3.75. The summed E-state index contributed by atoms with van der Waals surface area (Å²) < 4.78 is 0.937. The molecule has 1 aromatic carbocycles. The Labute approximate surface area is 165 Å². The summed E-state index contributed by atoms with van der Waals surface area (Å²) in [6.45, 7) is 1.89. The molecule has 0 amide bonds. The molecule has 0 spiro atoms. The van der Waals surface area contributed by atoms with Gasteiger partial charge >= 0.3 is 0 Å². The van der Waals surface area contributed by atoms with Crippen LogP contribution in [0.2, 0.25) is 5.15 Å². The van der Waals surface area contributed by atoms with Gasteiger partial charge in [0.1, 0.15) is 5.15 Å². The fraction of sp³-hybridized carbons (Fsp3) is 0.444. The Balaban J connectivity index is 2.09. The smallest absolute Gasteiger partial charge is 0.188 e. The molecule has 134 valence electrons. The summed E-state index contributed by atoms with van der Waals surface area (Å²) in [5, 5.41) is 22.0. The molecule has 1 heterocycles. The highest BCUT2D eigenvalue weighted by atomic mass is 79.9. The Morgan fingerprint density at radius 2 is 2.16 bits per heavy atom. The Morgan fingerprint density at radius 3 is 2.84 bits per heavy atom. The number of aliphatic hydroxyl groups excluding tert-OH is 1. The van der Waals surface area contributed by atoms with Crippen molar-refractivity contribution in [1.29, 1.82) is 0 Å². The van der Waals surface area contributed by atoms with E-state index in [1.165, 1.54) is 11.8 Å². The molecule has 25 heavy (non-hydrogen) atoms. The second-order valence-electron chi connectivity index (χ2n) is 6.61. The van der Waals surface area contributed by atoms with Crippen LogP contribution in [0.15, 0.2) is 27.8 Å². The standard InChI is InChI=1S/C18H20BrClN2O2S/c1-10-5-11-3-4-12(19)6-14(11)18(24,7-10)8-15-13(9-23)16(20)22-17(21-15)25-2/h3-4,6,10,23-24H,5,7-9H2,1-2H3. The average Bonchev–Trinajstić information content (AvgIpc) is 2.55. The van der Waals surface area contributed by atoms with Crippen LogP contribution in [-0.4, -0.2) is 26.4 Å². The molecule has 0 radical (unpaired) electrons. The number of fused-ring (bicyclic) bond motifs is 1. The average molecular weight is 444 g/mol. The molecule has 2 aromatic rings. The summed E-state index contributed by atoms with van der Waals surface area (Å²) in [4.78, 5) is 8.70. The Bertz CT molecular complexity index is 805. The van der Waals surface area contributed by atoms with Gasteiger partial charge in [0, 0.05) is 16.5 Å². The van der Waals surface area contributed by atoms with Gasteiger partial charge in [-0.3, -0.25) is 0 Å². The van der Waals surface area contributed by atoms with Crippen molar-refractivity contribution in [3.8, 4) is 0 Å². The van der Waals surface area contributed by atoms with Crippen LogP contribution in [0.3, 0.4) is 0 Å². The van der Waals surface area contributed by atoms with Gasteiger partial charge in [-0.05, 0) is 48.3 Å². The van der Waals surface area contributed by atoms with Gasteiger partial charge in [-0.1, -0.05) is 52.3 Å². The highest BCUT2D eigenvalue weighted by molar-refractivity contribution is 9.10. The fourth-order valence-corrected chi connectivity index (χ4v) is 4.65. The fourth-order valence-electron chi connectivity index (χ4n) is 3.61. The first-order valence-corrected chi connectivity index (χ1v) is 10.5. The molecule has 0 aliphatic heterocycles. The lowest BCUT2D eigenvalue weighted by molar-refractivity contribution is 0.00322. The van der Waals surface area contributed by atoms with E-state index in [1.807, 2.05) is 18.4 Å². The predicted octanol–water partition coefficient (Wildman–Crippen LogP) is 4.12. The van der Waals surface area contributed by atoms with Gasteiger partial charge < -0.3 is 10.2 Å². The van der Waals surface area contributed by atoms with E-state index in [1.54, 1.807) is 0 Å². The van der Waals surface area contributed by atoms with Gasteiger partial charge in [0.25, 0.3) is 0 Å². The van der Waals surface area contributed by atoms with Crippen molar-refractivity contribution in [1.82, 2.24) is 9.97 Å². The zero-order valence-corrected chi connectivity index (χ0v) is 17.2. The molecule has 2 unspecified atom stereocenters. The first-order valence-electron chi connectivity index (χ1n) is 8.07. The summed E-state index contributed by atoms with van der Waals surface area (Å²) in [5.74, 6) is 0.355. The van der Waals surface area contributed by atoms with Gasteiger partial charge in [0.05, 0.1) is 17.9 Å². The van der Waals surface area contributed by atoms with E-state index in [2.05, 4.69) is 38.9 Å². The third-order valence-electron chi connectivity index (χ3n) is 4.65. The number of aliphatic hydroxyl groups is 2. The van der Waals surface area contributed by atoms with Gasteiger partial charge in [0.15, 0.2) is 5.16 Å². The quantitative estimate of drug-likeness (QED) is 0.423. The number of benzene rings is 1. The lowest BCUT2D eigenvalue weighted by Crippen LogP contribution is -2.37. The number of thioether (sulfide) groups is 1. The van der Waals surface area contributed by atoms with Crippen molar-refractivity contribution in [3.63, 3.8) is 0 Å². The van der Waals surface area contributed by atoms with E-state index in [-0.39, 0.29) is 11.8 Å². The van der Waals surface area contributed by atoms with Gasteiger partial charge in [-0.25, -0.2) is 9.97 Å². The molecule has 2 N–H and O–H groups in total. The molecule has 0 bridgehead atoms. The minimum Gasteiger partial charge on any atom is -0.391 e. The number of rotatable bonds is 4. The van der Waals surface area contributed by atoms with Gasteiger partial charge in [-0.15, -0.1) is 0 Å². The lowest BCUT2D eigenvalue weighted by atomic mass is 9.72. The zero-order valence-electron chi connectivity index (χ0n) is 14.1. The first-order chi connectivity index (χ1) is 11.9. The van der Waals surface area contributed by atoms with Crippen molar-refractivity contribution in [3.05, 3.63) is 50.2 Å². The highest BCUT2D eigenvalue weighted by Crippen LogP contribution is 2.42. The molecule has 1 aromatic heterocycles. The zero-order chi connectivity index (χ0) is 18.2. The third-order valence-corrected chi connectivity index (χ3v) is 6.00. The maximum atomic E-state index is 11.5. The van der Waals surface area contributed by atoms with Crippen LogP contribution in [0.25, 0.3) is 0 Å². The predicted molar refractivity (Wildman–Crippen MR) is 104 cm³/mol. The van der Waals surface area contributed by atoms with Gasteiger partial charge in [0.2, 0.25) is 0 Å². The number of nitrogens with zero attached hydrogens (tertiary/aromatic N) is 2. The monoisotopic (exact) mass is 442 g/mol. The molecule has 7 heteroatoms. The summed E-state index contributed by atoms with van der Waals surface area (Å²) in [5.41, 5.74) is 2.12. The molecule has 0 saturated heterocycles. The van der Waals surface area contributed by atoms with Crippen LogP contribution in [0.5, 0.6) is 0 Å². The SMILES string of the molecule is CSc1nc(Cl)c(CO)c(CC2(O)CC(C)Cc3ccc(Br)cc32)n1. The summed E-state index contributed by atoms with van der Waals surface area (Å²) in [6, 6.07) is 6.05. The summed E-state index contributed by atoms with van der Waals surface area (Å²) >= 11 is 11.1. The number of halogens is 2. The number of aromatic nitrogens is 2.